The summed E-state index contributed by atoms with van der Waals surface area (Å²) in [4.78, 5) is 43.3. The predicted molar refractivity (Wildman–Crippen MR) is 125 cm³/mol. The normalized spacial score (nSPS) is 25.8. The maximum atomic E-state index is 13.3. The van der Waals surface area contributed by atoms with Crippen LogP contribution < -0.4 is 11.1 Å². The van der Waals surface area contributed by atoms with E-state index in [0.29, 0.717) is 11.4 Å². The van der Waals surface area contributed by atoms with Gasteiger partial charge in [0.1, 0.15) is 17.6 Å². The average molecular weight is 435 g/mol. The number of ketones is 2. The Balaban J connectivity index is 1.88. The number of Topliss-reactive ketones (excluding diaryl/α,β-unsaturated/α-hetero) is 2. The summed E-state index contributed by atoms with van der Waals surface area (Å²) >= 11 is 0. The van der Waals surface area contributed by atoms with Gasteiger partial charge in [0.05, 0.1) is 0 Å². The number of aliphatic imine (C=N–C) groups is 1. The summed E-state index contributed by atoms with van der Waals surface area (Å²) in [5.41, 5.74) is 8.92. The molecule has 2 atom stereocenters. The quantitative estimate of drug-likeness (QED) is 0.668. The van der Waals surface area contributed by atoms with E-state index >= 15 is 0 Å². The van der Waals surface area contributed by atoms with Crippen LogP contribution in [-0.4, -0.2) is 34.3 Å². The maximum Gasteiger partial charge on any atom is 0.268 e. The molecule has 2 aliphatic heterocycles. The zero-order chi connectivity index (χ0) is 23.6. The Morgan fingerprint density at radius 2 is 2.00 bits per heavy atom. The highest BCUT2D eigenvalue weighted by Crippen LogP contribution is 2.33. The summed E-state index contributed by atoms with van der Waals surface area (Å²) in [6, 6.07) is 0. The van der Waals surface area contributed by atoms with Crippen molar-refractivity contribution in [1.29, 1.82) is 0 Å². The molecule has 3 aliphatic rings. The molecule has 168 valence electrons. The van der Waals surface area contributed by atoms with Crippen molar-refractivity contribution in [2.45, 2.75) is 52.6 Å². The van der Waals surface area contributed by atoms with Crippen molar-refractivity contribution in [3.8, 4) is 0 Å². The fourth-order valence-corrected chi connectivity index (χ4v) is 4.10. The molecule has 7 nitrogen and oxygen atoms in total. The number of carbonyl (C=O) groups excluding carboxylic acids is 3. The molecule has 0 aromatic carbocycles. The molecule has 1 amide bonds. The molecule has 0 aromatic rings. The largest absolute Gasteiger partial charge is 0.364 e. The first kappa shape index (κ1) is 23.2. The van der Waals surface area contributed by atoms with Crippen molar-refractivity contribution in [1.82, 2.24) is 10.2 Å². The van der Waals surface area contributed by atoms with Gasteiger partial charge in [0.15, 0.2) is 17.4 Å². The third-order valence-corrected chi connectivity index (χ3v) is 5.88. The fraction of sp³-hybridized carbons (Fsp3) is 0.360. The number of amides is 1. The topological polar surface area (TPSA) is 105 Å². The molecule has 32 heavy (non-hydrogen) atoms. The predicted octanol–water partition coefficient (Wildman–Crippen LogP) is 3.19. The first-order valence-electron chi connectivity index (χ1n) is 10.8. The first-order valence-corrected chi connectivity index (χ1v) is 10.8. The van der Waals surface area contributed by atoms with Crippen LogP contribution in [0, 0.1) is 5.92 Å². The van der Waals surface area contributed by atoms with Crippen LogP contribution in [0.15, 0.2) is 76.4 Å². The Kier molecular flexibility index (Phi) is 6.77. The number of allylic oxidation sites excluding steroid dienone is 7. The molecule has 0 bridgehead atoms. The van der Waals surface area contributed by atoms with Crippen LogP contribution in [0.25, 0.3) is 0 Å². The number of primary amides is 1. The van der Waals surface area contributed by atoms with Gasteiger partial charge in [0.2, 0.25) is 0 Å². The van der Waals surface area contributed by atoms with Crippen LogP contribution >= 0.6 is 0 Å². The van der Waals surface area contributed by atoms with Crippen LogP contribution in [0.2, 0.25) is 0 Å². The van der Waals surface area contributed by atoms with Gasteiger partial charge in [0, 0.05) is 17.7 Å². The van der Waals surface area contributed by atoms with Crippen LogP contribution in [0.1, 0.15) is 46.5 Å². The molecule has 3 N–H and O–H groups in total. The van der Waals surface area contributed by atoms with Gasteiger partial charge in [-0.2, -0.15) is 0 Å². The van der Waals surface area contributed by atoms with Gasteiger partial charge in [-0.15, -0.1) is 0 Å². The van der Waals surface area contributed by atoms with Gasteiger partial charge in [0.25, 0.3) is 5.91 Å². The molecule has 2 heterocycles. The summed E-state index contributed by atoms with van der Waals surface area (Å²) in [5.74, 6) is -0.474. The third kappa shape index (κ3) is 4.72. The van der Waals surface area contributed by atoms with Gasteiger partial charge in [-0.25, -0.2) is 4.99 Å². The summed E-state index contributed by atoms with van der Waals surface area (Å²) in [7, 11) is 0. The van der Waals surface area contributed by atoms with Gasteiger partial charge in [-0.3, -0.25) is 14.4 Å². The van der Waals surface area contributed by atoms with Crippen LogP contribution in [-0.2, 0) is 14.4 Å². The third-order valence-electron chi connectivity index (χ3n) is 5.88. The summed E-state index contributed by atoms with van der Waals surface area (Å²) in [6.07, 6.45) is 9.65. The molecule has 0 saturated carbocycles. The van der Waals surface area contributed by atoms with Crippen molar-refractivity contribution in [2.24, 2.45) is 16.6 Å². The second-order valence-electron chi connectivity index (χ2n) is 8.44. The highest BCUT2D eigenvalue weighted by atomic mass is 16.1. The molecule has 0 radical (unpaired) electrons. The molecule has 0 aromatic heterocycles. The standard InChI is InChI=1S/C25H30N4O3/c1-14(2)21-13-20(28-25-23(24(26)32)27-17(5)29(21)25)22(31)12-19-9-7-6-8-18(16(4)30)11-10-15(19)3/h8,10-11,13,17,19,27H,1,3,6-7,9,12H2,2,4-5H3,(H2,26,32)/b11-10-,18-8+/t17?,19-/m1/s1. The maximum absolute atomic E-state index is 13.3. The van der Waals surface area contributed by atoms with Crippen LogP contribution in [0.4, 0.5) is 0 Å². The van der Waals surface area contributed by atoms with E-state index in [-0.39, 0.29) is 41.5 Å². The number of rotatable bonds is 6. The number of nitrogens with two attached hydrogens (primary N) is 1. The monoisotopic (exact) mass is 434 g/mol. The molecule has 7 heteroatoms. The lowest BCUT2D eigenvalue weighted by Gasteiger charge is -2.30. The molecular weight excluding hydrogens is 404 g/mol. The van der Waals surface area contributed by atoms with Crippen molar-refractivity contribution < 1.29 is 14.4 Å². The average Bonchev–Trinajstić information content (AvgIpc) is 3.10. The van der Waals surface area contributed by atoms with Gasteiger partial charge < -0.3 is 16.0 Å². The molecule has 0 saturated heterocycles. The van der Waals surface area contributed by atoms with E-state index in [1.165, 1.54) is 0 Å². The van der Waals surface area contributed by atoms with Gasteiger partial charge >= 0.3 is 0 Å². The Morgan fingerprint density at radius 3 is 2.62 bits per heavy atom. The van der Waals surface area contributed by atoms with Gasteiger partial charge in [-0.1, -0.05) is 37.0 Å². The van der Waals surface area contributed by atoms with Crippen LogP contribution in [0.5, 0.6) is 0 Å². The summed E-state index contributed by atoms with van der Waals surface area (Å²) in [5, 5.41) is 3.04. The number of nitrogens with one attached hydrogen (secondary N) is 1. The molecule has 1 aliphatic carbocycles. The number of hydrogen-bond acceptors (Lipinski definition) is 6. The second kappa shape index (κ2) is 9.34. The van der Waals surface area contributed by atoms with E-state index in [1.807, 2.05) is 30.9 Å². The minimum absolute atomic E-state index is 0.0140. The van der Waals surface area contributed by atoms with E-state index in [2.05, 4.69) is 23.5 Å². The smallest absolute Gasteiger partial charge is 0.268 e. The van der Waals surface area contributed by atoms with Crippen molar-refractivity contribution in [3.63, 3.8) is 0 Å². The Labute approximate surface area is 188 Å². The molecule has 3 rings (SSSR count). The van der Waals surface area contributed by atoms with E-state index in [9.17, 15) is 14.4 Å². The SMILES string of the molecule is C=C(C)C1=CC(C(=O)C[C@H]2CCC/C=C(C(C)=O)\C=C/C2=C)=NC2=C(C(N)=O)NC(C)N12. The van der Waals surface area contributed by atoms with E-state index in [0.717, 1.165) is 36.1 Å². The molecule has 1 unspecified atom stereocenters. The van der Waals surface area contributed by atoms with Gasteiger partial charge in [-0.05, 0) is 57.6 Å². The van der Waals surface area contributed by atoms with Crippen LogP contribution in [0.3, 0.4) is 0 Å². The van der Waals surface area contributed by atoms with E-state index in [1.54, 1.807) is 19.1 Å². The summed E-state index contributed by atoms with van der Waals surface area (Å²) in [6.45, 7) is 13.4. The molecule has 0 fully saturated rings. The Hall–Kier alpha value is -3.48. The minimum atomic E-state index is -0.628. The highest BCUT2D eigenvalue weighted by molar-refractivity contribution is 6.45. The number of nitrogens with zero attached hydrogens (tertiary/aromatic N) is 2. The Bertz CT molecular complexity index is 1060. The van der Waals surface area contributed by atoms with E-state index < -0.39 is 5.91 Å². The highest BCUT2D eigenvalue weighted by Gasteiger charge is 2.37. The zero-order valence-corrected chi connectivity index (χ0v) is 18.9. The second-order valence-corrected chi connectivity index (χ2v) is 8.44. The minimum Gasteiger partial charge on any atom is -0.364 e. The van der Waals surface area contributed by atoms with Crippen molar-refractivity contribution >= 4 is 23.2 Å². The molecule has 0 spiro atoms. The number of carbonyl (C=O) groups is 3. The zero-order valence-electron chi connectivity index (χ0n) is 18.9. The molecular formula is C25H30N4O3. The first-order chi connectivity index (χ1) is 15.1. The lowest BCUT2D eigenvalue weighted by Crippen LogP contribution is -2.37. The summed E-state index contributed by atoms with van der Waals surface area (Å²) < 4.78 is 0. The lowest BCUT2D eigenvalue weighted by atomic mass is 9.88. The number of hydrogen-bond donors (Lipinski definition) is 2. The van der Waals surface area contributed by atoms with Crippen molar-refractivity contribution in [3.05, 3.63) is 71.4 Å². The lowest BCUT2D eigenvalue weighted by molar-refractivity contribution is -0.115. The Morgan fingerprint density at radius 1 is 1.28 bits per heavy atom. The van der Waals surface area contributed by atoms with E-state index in [4.69, 9.17) is 5.73 Å². The fourth-order valence-electron chi connectivity index (χ4n) is 4.10. The number of fused-ring (bicyclic) bond motifs is 1. The van der Waals surface area contributed by atoms with Crippen molar-refractivity contribution in [2.75, 3.05) is 0 Å².